The number of aromatic nitrogens is 1. The number of nitrogen functional groups attached to an aromatic ring is 1. The van der Waals surface area contributed by atoms with Crippen LogP contribution in [0.2, 0.25) is 0 Å². The molecule has 35 heavy (non-hydrogen) atoms. The van der Waals surface area contributed by atoms with Crippen LogP contribution < -0.4 is 26.4 Å². The lowest BCUT2D eigenvalue weighted by molar-refractivity contribution is -0.122. The van der Waals surface area contributed by atoms with E-state index in [9.17, 15) is 14.4 Å². The minimum atomic E-state index is -1.00. The Balaban J connectivity index is 1.76. The third-order valence-corrected chi connectivity index (χ3v) is 7.35. The standard InChI is InChI=1S/C23H25N5O5S2/c1-32-14-8-6-13(7-9-14)28(23(31)20-17(24)18(21(25)29)27-35-20)19(16-5-3-11-34-16)22(30)26-12-15-4-2-10-33-15/h3,5-9,11,15,19H,2,4,10,12,24H2,1H3,(H2,25,29)(H,26,30)/t15-,19+/m0/s1. The van der Waals surface area contributed by atoms with E-state index in [1.165, 1.54) is 23.3 Å². The van der Waals surface area contributed by atoms with Gasteiger partial charge in [-0.3, -0.25) is 19.3 Å². The van der Waals surface area contributed by atoms with Crippen LogP contribution in [-0.4, -0.2) is 48.5 Å². The molecular formula is C23H25N5O5S2. The van der Waals surface area contributed by atoms with Gasteiger partial charge in [0, 0.05) is 23.7 Å². The molecule has 3 amide bonds. The zero-order valence-electron chi connectivity index (χ0n) is 18.9. The molecule has 1 saturated heterocycles. The highest BCUT2D eigenvalue weighted by molar-refractivity contribution is 7.10. The second kappa shape index (κ2) is 10.8. The number of nitrogens with zero attached hydrogens (tertiary/aromatic N) is 2. The smallest absolute Gasteiger partial charge is 0.273 e. The fourth-order valence-corrected chi connectivity index (χ4v) is 5.36. The lowest BCUT2D eigenvalue weighted by atomic mass is 10.1. The van der Waals surface area contributed by atoms with Crippen LogP contribution in [0.5, 0.6) is 5.75 Å². The number of anilines is 2. The molecule has 0 bridgehead atoms. The van der Waals surface area contributed by atoms with Crippen molar-refractivity contribution >= 4 is 52.0 Å². The molecule has 0 saturated carbocycles. The molecule has 0 spiro atoms. The van der Waals surface area contributed by atoms with Gasteiger partial charge >= 0.3 is 0 Å². The van der Waals surface area contributed by atoms with Gasteiger partial charge in [0.25, 0.3) is 11.8 Å². The molecule has 4 rings (SSSR count). The van der Waals surface area contributed by atoms with Crippen molar-refractivity contribution in [3.63, 3.8) is 0 Å². The molecule has 1 fully saturated rings. The lowest BCUT2D eigenvalue weighted by Gasteiger charge is -2.30. The number of nitrogens with two attached hydrogens (primary N) is 2. The van der Waals surface area contributed by atoms with Crippen molar-refractivity contribution < 1.29 is 23.9 Å². The Bertz CT molecular complexity index is 1190. The van der Waals surface area contributed by atoms with Gasteiger partial charge in [-0.15, -0.1) is 11.3 Å². The van der Waals surface area contributed by atoms with E-state index in [1.807, 2.05) is 11.4 Å². The summed E-state index contributed by atoms with van der Waals surface area (Å²) in [6.45, 7) is 0.998. The first-order valence-corrected chi connectivity index (χ1v) is 12.5. The van der Waals surface area contributed by atoms with E-state index < -0.39 is 17.9 Å². The topological polar surface area (TPSA) is 150 Å². The summed E-state index contributed by atoms with van der Waals surface area (Å²) in [5, 5.41) is 4.77. The van der Waals surface area contributed by atoms with Crippen LogP contribution in [0.25, 0.3) is 0 Å². The van der Waals surface area contributed by atoms with Crippen molar-refractivity contribution in [3.8, 4) is 5.75 Å². The number of hydrogen-bond acceptors (Lipinski definition) is 9. The van der Waals surface area contributed by atoms with Crippen LogP contribution in [0.4, 0.5) is 11.4 Å². The Morgan fingerprint density at radius 1 is 1.29 bits per heavy atom. The molecule has 1 aliphatic rings. The number of primary amides is 1. The van der Waals surface area contributed by atoms with Crippen LogP contribution in [-0.2, 0) is 9.53 Å². The van der Waals surface area contributed by atoms with Gasteiger partial charge < -0.3 is 26.3 Å². The first kappa shape index (κ1) is 24.6. The zero-order valence-corrected chi connectivity index (χ0v) is 20.6. The molecule has 10 nitrogen and oxygen atoms in total. The number of amides is 3. The van der Waals surface area contributed by atoms with Gasteiger partial charge in [-0.2, -0.15) is 4.37 Å². The second-order valence-corrected chi connectivity index (χ2v) is 9.56. The first-order valence-electron chi connectivity index (χ1n) is 10.9. The van der Waals surface area contributed by atoms with Gasteiger partial charge in [-0.05, 0) is 60.1 Å². The molecule has 0 radical (unpaired) electrons. The van der Waals surface area contributed by atoms with Crippen molar-refractivity contribution in [1.82, 2.24) is 9.69 Å². The zero-order chi connectivity index (χ0) is 24.9. The summed E-state index contributed by atoms with van der Waals surface area (Å²) in [7, 11) is 1.54. The highest BCUT2D eigenvalue weighted by Crippen LogP contribution is 2.35. The van der Waals surface area contributed by atoms with E-state index in [4.69, 9.17) is 20.9 Å². The van der Waals surface area contributed by atoms with Crippen LogP contribution in [0.3, 0.4) is 0 Å². The molecule has 2 atom stereocenters. The van der Waals surface area contributed by atoms with Crippen molar-refractivity contribution in [2.24, 2.45) is 5.73 Å². The Labute approximate surface area is 210 Å². The van der Waals surface area contributed by atoms with Crippen LogP contribution in [0.1, 0.15) is 43.9 Å². The molecule has 0 aliphatic carbocycles. The summed E-state index contributed by atoms with van der Waals surface area (Å²) >= 11 is 2.11. The van der Waals surface area contributed by atoms with Crippen molar-refractivity contribution in [1.29, 1.82) is 0 Å². The van der Waals surface area contributed by atoms with Gasteiger partial charge in [0.05, 0.1) is 18.9 Å². The van der Waals surface area contributed by atoms with E-state index in [2.05, 4.69) is 9.69 Å². The molecule has 3 aromatic rings. The number of hydrogen-bond donors (Lipinski definition) is 3. The fraction of sp³-hybridized carbons (Fsp3) is 0.304. The number of carbonyl (C=O) groups excluding carboxylic acids is 3. The number of rotatable bonds is 9. The third kappa shape index (κ3) is 5.29. The fourth-order valence-electron chi connectivity index (χ4n) is 3.80. The number of nitrogens with one attached hydrogen (secondary N) is 1. The maximum absolute atomic E-state index is 13.9. The van der Waals surface area contributed by atoms with E-state index in [0.717, 1.165) is 24.4 Å². The predicted molar refractivity (Wildman–Crippen MR) is 134 cm³/mol. The molecule has 184 valence electrons. The molecule has 3 heterocycles. The summed E-state index contributed by atoms with van der Waals surface area (Å²) < 4.78 is 14.8. The quantitative estimate of drug-likeness (QED) is 0.396. The second-order valence-electron chi connectivity index (χ2n) is 7.81. The Morgan fingerprint density at radius 2 is 2.06 bits per heavy atom. The van der Waals surface area contributed by atoms with Gasteiger partial charge in [0.15, 0.2) is 11.7 Å². The van der Waals surface area contributed by atoms with E-state index in [1.54, 1.807) is 30.3 Å². The molecule has 12 heteroatoms. The number of ether oxygens (including phenoxy) is 2. The molecule has 0 unspecified atom stereocenters. The van der Waals surface area contributed by atoms with Crippen molar-refractivity contribution in [3.05, 3.63) is 57.2 Å². The van der Waals surface area contributed by atoms with E-state index in [0.29, 0.717) is 29.5 Å². The van der Waals surface area contributed by atoms with Crippen LogP contribution in [0.15, 0.2) is 41.8 Å². The Morgan fingerprint density at radius 3 is 2.63 bits per heavy atom. The van der Waals surface area contributed by atoms with Gasteiger partial charge in [0.1, 0.15) is 10.6 Å². The highest BCUT2D eigenvalue weighted by Gasteiger charge is 2.37. The monoisotopic (exact) mass is 515 g/mol. The summed E-state index contributed by atoms with van der Waals surface area (Å²) in [5.41, 5.74) is 11.6. The third-order valence-electron chi connectivity index (χ3n) is 5.57. The minimum Gasteiger partial charge on any atom is -0.497 e. The highest BCUT2D eigenvalue weighted by atomic mass is 32.1. The minimum absolute atomic E-state index is 0.0168. The van der Waals surface area contributed by atoms with Gasteiger partial charge in [-0.25, -0.2) is 0 Å². The van der Waals surface area contributed by atoms with Crippen molar-refractivity contribution in [2.75, 3.05) is 30.9 Å². The van der Waals surface area contributed by atoms with Crippen LogP contribution in [0, 0.1) is 0 Å². The predicted octanol–water partition coefficient (Wildman–Crippen LogP) is 2.58. The maximum Gasteiger partial charge on any atom is 0.273 e. The first-order chi connectivity index (χ1) is 16.9. The summed E-state index contributed by atoms with van der Waals surface area (Å²) in [4.78, 5) is 41.2. The number of carbonyl (C=O) groups is 3. The molecule has 2 aromatic heterocycles. The number of thiophene rings is 1. The molecule has 5 N–H and O–H groups in total. The summed E-state index contributed by atoms with van der Waals surface area (Å²) in [6.07, 6.45) is 1.74. The molecular weight excluding hydrogens is 490 g/mol. The largest absolute Gasteiger partial charge is 0.497 e. The van der Waals surface area contributed by atoms with E-state index in [-0.39, 0.29) is 28.3 Å². The Kier molecular flexibility index (Phi) is 7.63. The van der Waals surface area contributed by atoms with Crippen molar-refractivity contribution in [2.45, 2.75) is 25.0 Å². The molecule has 1 aromatic carbocycles. The number of benzene rings is 1. The SMILES string of the molecule is COc1ccc(N(C(=O)c2snc(C(N)=O)c2N)[C@@H](C(=O)NC[C@@H]2CCCO2)c2cccs2)cc1. The average molecular weight is 516 g/mol. The van der Waals surface area contributed by atoms with Crippen LogP contribution >= 0.6 is 22.9 Å². The average Bonchev–Trinajstić information content (AvgIpc) is 3.63. The maximum atomic E-state index is 13.9. The van der Waals surface area contributed by atoms with E-state index >= 15 is 0 Å². The normalized spacial score (nSPS) is 16.0. The van der Waals surface area contributed by atoms with Gasteiger partial charge in [-0.1, -0.05) is 6.07 Å². The number of methoxy groups -OCH3 is 1. The summed E-state index contributed by atoms with van der Waals surface area (Å²) in [6, 6.07) is 9.33. The molecule has 1 aliphatic heterocycles. The summed E-state index contributed by atoms with van der Waals surface area (Å²) in [5.74, 6) is -1.20. The lowest BCUT2D eigenvalue weighted by Crippen LogP contribution is -2.45. The Hall–Kier alpha value is -3.48. The van der Waals surface area contributed by atoms with Gasteiger partial charge in [0.2, 0.25) is 5.91 Å².